The summed E-state index contributed by atoms with van der Waals surface area (Å²) in [4.78, 5) is 0. The van der Waals surface area contributed by atoms with E-state index in [1.165, 1.54) is 57.8 Å². The second kappa shape index (κ2) is 8.96. The molecular weight excluding hydrogens is 184 g/mol. The van der Waals surface area contributed by atoms with Gasteiger partial charge in [-0.3, -0.25) is 0 Å². The fourth-order valence-electron chi connectivity index (χ4n) is 2.20. The van der Waals surface area contributed by atoms with Gasteiger partial charge in [0.1, 0.15) is 0 Å². The first kappa shape index (κ1) is 12.8. The lowest BCUT2D eigenvalue weighted by atomic mass is 10.0. The Kier molecular flexibility index (Phi) is 7.63. The van der Waals surface area contributed by atoms with Crippen molar-refractivity contribution < 1.29 is 5.11 Å². The summed E-state index contributed by atoms with van der Waals surface area (Å²) in [6, 6.07) is 0. The lowest BCUT2D eigenvalue weighted by molar-refractivity contribution is 0.207. The number of allylic oxidation sites excluding steroid dienone is 1. The minimum Gasteiger partial charge on any atom is -0.389 e. The van der Waals surface area contributed by atoms with Crippen LogP contribution in [0.2, 0.25) is 0 Å². The second-order valence-corrected chi connectivity index (χ2v) is 4.75. The van der Waals surface area contributed by atoms with E-state index in [2.05, 4.69) is 6.08 Å². The molecule has 1 N–H and O–H groups in total. The summed E-state index contributed by atoms with van der Waals surface area (Å²) in [6.07, 6.45) is 18.2. The van der Waals surface area contributed by atoms with Crippen LogP contribution in [0.1, 0.15) is 70.6 Å². The Morgan fingerprint density at radius 1 is 0.733 bits per heavy atom. The highest BCUT2D eigenvalue weighted by atomic mass is 16.3. The predicted molar refractivity (Wildman–Crippen MR) is 65.9 cm³/mol. The normalized spacial score (nSPS) is 29.3. The quantitative estimate of drug-likeness (QED) is 0.594. The number of aliphatic hydroxyl groups excluding tert-OH is 1. The first-order chi connectivity index (χ1) is 7.39. The van der Waals surface area contributed by atoms with E-state index in [4.69, 9.17) is 0 Å². The van der Waals surface area contributed by atoms with Gasteiger partial charge in [-0.15, -0.1) is 0 Å². The Bertz CT molecular complexity index is 163. The zero-order valence-corrected chi connectivity index (χ0v) is 9.96. The van der Waals surface area contributed by atoms with Gasteiger partial charge in [-0.2, -0.15) is 0 Å². The molecule has 15 heavy (non-hydrogen) atoms. The molecule has 1 atom stereocenters. The van der Waals surface area contributed by atoms with Gasteiger partial charge in [0, 0.05) is 0 Å². The highest BCUT2D eigenvalue weighted by Crippen LogP contribution is 2.13. The summed E-state index contributed by atoms with van der Waals surface area (Å²) in [5.74, 6) is 0. The molecule has 1 heteroatoms. The highest BCUT2D eigenvalue weighted by Gasteiger charge is 1.99. The van der Waals surface area contributed by atoms with Gasteiger partial charge in [-0.1, -0.05) is 63.5 Å². The van der Waals surface area contributed by atoms with Gasteiger partial charge in [-0.25, -0.2) is 0 Å². The largest absolute Gasteiger partial charge is 0.389 e. The van der Waals surface area contributed by atoms with E-state index < -0.39 is 0 Å². The van der Waals surface area contributed by atoms with Crippen molar-refractivity contribution in [2.75, 3.05) is 0 Å². The zero-order valence-electron chi connectivity index (χ0n) is 9.96. The van der Waals surface area contributed by atoms with E-state index in [1.807, 2.05) is 6.08 Å². The van der Waals surface area contributed by atoms with Crippen LogP contribution in [-0.2, 0) is 0 Å². The second-order valence-electron chi connectivity index (χ2n) is 4.75. The monoisotopic (exact) mass is 210 g/mol. The van der Waals surface area contributed by atoms with Crippen LogP contribution in [0.4, 0.5) is 0 Å². The summed E-state index contributed by atoms with van der Waals surface area (Å²) < 4.78 is 0. The molecule has 0 radical (unpaired) electrons. The van der Waals surface area contributed by atoms with Gasteiger partial charge in [0.05, 0.1) is 6.10 Å². The Balaban J connectivity index is 2.19. The van der Waals surface area contributed by atoms with E-state index in [-0.39, 0.29) is 6.10 Å². The predicted octanol–water partition coefficient (Wildman–Crippen LogP) is 4.21. The third kappa shape index (κ3) is 7.61. The van der Waals surface area contributed by atoms with Gasteiger partial charge in [0.25, 0.3) is 0 Å². The zero-order chi connectivity index (χ0) is 10.8. The third-order valence-corrected chi connectivity index (χ3v) is 3.23. The topological polar surface area (TPSA) is 20.2 Å². The molecule has 0 aromatic heterocycles. The van der Waals surface area contributed by atoms with E-state index in [1.54, 1.807) is 0 Å². The average molecular weight is 210 g/mol. The van der Waals surface area contributed by atoms with Gasteiger partial charge in [0.2, 0.25) is 0 Å². The number of rotatable bonds is 0. The lowest BCUT2D eigenvalue weighted by Gasteiger charge is -2.07. The summed E-state index contributed by atoms with van der Waals surface area (Å²) in [5.41, 5.74) is 0. The van der Waals surface area contributed by atoms with Gasteiger partial charge >= 0.3 is 0 Å². The molecule has 0 bridgehead atoms. The number of aliphatic hydroxyl groups is 1. The minimum atomic E-state index is -0.187. The van der Waals surface area contributed by atoms with Crippen molar-refractivity contribution in [1.82, 2.24) is 0 Å². The van der Waals surface area contributed by atoms with Gasteiger partial charge < -0.3 is 5.11 Å². The smallest absolute Gasteiger partial charge is 0.0720 e. The molecule has 0 fully saturated rings. The molecule has 0 aromatic rings. The van der Waals surface area contributed by atoms with Crippen molar-refractivity contribution in [3.8, 4) is 0 Å². The first-order valence-corrected chi connectivity index (χ1v) is 6.74. The first-order valence-electron chi connectivity index (χ1n) is 6.74. The van der Waals surface area contributed by atoms with Gasteiger partial charge in [-0.05, 0) is 19.3 Å². The molecule has 0 heterocycles. The van der Waals surface area contributed by atoms with Crippen LogP contribution >= 0.6 is 0 Å². The fraction of sp³-hybridized carbons (Fsp3) is 0.857. The molecule has 0 spiro atoms. The minimum absolute atomic E-state index is 0.187. The summed E-state index contributed by atoms with van der Waals surface area (Å²) >= 11 is 0. The molecular formula is C14H26O. The van der Waals surface area contributed by atoms with Crippen molar-refractivity contribution in [1.29, 1.82) is 0 Å². The van der Waals surface area contributed by atoms with Crippen molar-refractivity contribution in [3.05, 3.63) is 12.2 Å². The molecule has 0 aromatic carbocycles. The third-order valence-electron chi connectivity index (χ3n) is 3.23. The molecule has 0 saturated carbocycles. The average Bonchev–Trinajstić information content (AvgIpc) is 2.24. The fourth-order valence-corrected chi connectivity index (χ4v) is 2.20. The Labute approximate surface area is 94.6 Å². The SMILES string of the molecule is O[C@@H]1/C=C/CCCCCCCCCCC1. The van der Waals surface area contributed by atoms with Crippen molar-refractivity contribution in [2.45, 2.75) is 76.7 Å². The molecule has 1 nitrogen and oxygen atoms in total. The van der Waals surface area contributed by atoms with Gasteiger partial charge in [0.15, 0.2) is 0 Å². The van der Waals surface area contributed by atoms with Crippen molar-refractivity contribution >= 4 is 0 Å². The molecule has 1 aliphatic rings. The van der Waals surface area contributed by atoms with Crippen molar-refractivity contribution in [3.63, 3.8) is 0 Å². The van der Waals surface area contributed by atoms with E-state index in [0.717, 1.165) is 12.8 Å². The molecule has 0 amide bonds. The van der Waals surface area contributed by atoms with Crippen LogP contribution in [0.15, 0.2) is 12.2 Å². The molecule has 0 aliphatic heterocycles. The Hall–Kier alpha value is -0.300. The van der Waals surface area contributed by atoms with Crippen LogP contribution < -0.4 is 0 Å². The Morgan fingerprint density at radius 3 is 1.93 bits per heavy atom. The van der Waals surface area contributed by atoms with Crippen LogP contribution in [0, 0.1) is 0 Å². The standard InChI is InChI=1S/C14H26O/c15-14-12-10-8-6-4-2-1-3-5-7-9-11-13-14/h10,12,14-15H,1-9,11,13H2/b12-10+/t14-/m1/s1. The van der Waals surface area contributed by atoms with E-state index in [0.29, 0.717) is 0 Å². The molecule has 1 rings (SSSR count). The van der Waals surface area contributed by atoms with Crippen molar-refractivity contribution in [2.24, 2.45) is 0 Å². The Morgan fingerprint density at radius 2 is 1.27 bits per heavy atom. The maximum absolute atomic E-state index is 9.63. The summed E-state index contributed by atoms with van der Waals surface area (Å²) in [7, 11) is 0. The molecule has 1 aliphatic carbocycles. The summed E-state index contributed by atoms with van der Waals surface area (Å²) in [5, 5.41) is 9.63. The van der Waals surface area contributed by atoms with E-state index in [9.17, 15) is 5.11 Å². The summed E-state index contributed by atoms with van der Waals surface area (Å²) in [6.45, 7) is 0. The van der Waals surface area contributed by atoms with E-state index >= 15 is 0 Å². The lowest BCUT2D eigenvalue weighted by Crippen LogP contribution is -2.01. The maximum atomic E-state index is 9.63. The molecule has 0 unspecified atom stereocenters. The maximum Gasteiger partial charge on any atom is 0.0720 e. The highest BCUT2D eigenvalue weighted by molar-refractivity contribution is 4.88. The number of hydrogen-bond acceptors (Lipinski definition) is 1. The van der Waals surface area contributed by atoms with Crippen LogP contribution in [0.3, 0.4) is 0 Å². The number of hydrogen-bond donors (Lipinski definition) is 1. The molecule has 88 valence electrons. The molecule has 0 saturated heterocycles. The van der Waals surface area contributed by atoms with Crippen LogP contribution in [-0.4, -0.2) is 11.2 Å². The van der Waals surface area contributed by atoms with Crippen LogP contribution in [0.25, 0.3) is 0 Å². The van der Waals surface area contributed by atoms with Crippen LogP contribution in [0.5, 0.6) is 0 Å².